The minimum atomic E-state index is -3.87. The SMILES string of the molecule is CCNC(=O)COc1ccc(CNC(=O)c2ccc(OC)c(S(=O)(=O)NC(C)C)c2)cc1OC. The van der Waals surface area contributed by atoms with Crippen LogP contribution in [0.5, 0.6) is 17.2 Å². The summed E-state index contributed by atoms with van der Waals surface area (Å²) in [6.45, 7) is 5.73. The molecule has 2 amide bonds. The number of benzene rings is 2. The number of rotatable bonds is 12. The van der Waals surface area contributed by atoms with Gasteiger partial charge in [0, 0.05) is 24.7 Å². The van der Waals surface area contributed by atoms with E-state index in [1.54, 1.807) is 32.0 Å². The van der Waals surface area contributed by atoms with Crippen LogP contribution < -0.4 is 29.6 Å². The van der Waals surface area contributed by atoms with E-state index in [2.05, 4.69) is 15.4 Å². The Hall–Kier alpha value is -3.31. The second-order valence-electron chi connectivity index (χ2n) is 7.55. The van der Waals surface area contributed by atoms with Gasteiger partial charge in [-0.1, -0.05) is 6.07 Å². The lowest BCUT2D eigenvalue weighted by Gasteiger charge is -2.14. The minimum Gasteiger partial charge on any atom is -0.495 e. The van der Waals surface area contributed by atoms with Crippen LogP contribution in [0.3, 0.4) is 0 Å². The van der Waals surface area contributed by atoms with Crippen molar-refractivity contribution >= 4 is 21.8 Å². The van der Waals surface area contributed by atoms with Crippen LogP contribution in [0.2, 0.25) is 0 Å². The van der Waals surface area contributed by atoms with Crippen LogP contribution in [0.4, 0.5) is 0 Å². The standard InChI is InChI=1S/C23H31N3O7S/c1-6-24-22(27)14-33-18-9-7-16(11-20(18)32-5)13-25-23(28)17-8-10-19(31-4)21(12-17)34(29,30)26-15(2)3/h7-12,15,26H,6,13-14H2,1-5H3,(H,24,27)(H,25,28). The Bertz CT molecular complexity index is 1120. The number of sulfonamides is 1. The number of amides is 2. The van der Waals surface area contributed by atoms with Crippen LogP contribution >= 0.6 is 0 Å². The van der Waals surface area contributed by atoms with E-state index in [1.165, 1.54) is 32.4 Å². The zero-order valence-corrected chi connectivity index (χ0v) is 20.7. The Morgan fingerprint density at radius 3 is 2.24 bits per heavy atom. The van der Waals surface area contributed by atoms with Gasteiger partial charge in [0.2, 0.25) is 10.0 Å². The predicted molar refractivity (Wildman–Crippen MR) is 127 cm³/mol. The summed E-state index contributed by atoms with van der Waals surface area (Å²) in [6.07, 6.45) is 0. The molecule has 0 saturated heterocycles. The molecule has 10 nitrogen and oxygen atoms in total. The number of likely N-dealkylation sites (N-methyl/N-ethyl adjacent to an activating group) is 1. The van der Waals surface area contributed by atoms with Crippen LogP contribution in [0.1, 0.15) is 36.7 Å². The summed E-state index contributed by atoms with van der Waals surface area (Å²) >= 11 is 0. The van der Waals surface area contributed by atoms with Crippen LogP contribution in [-0.2, 0) is 21.4 Å². The first kappa shape index (κ1) is 26.9. The van der Waals surface area contributed by atoms with Gasteiger partial charge in [0.1, 0.15) is 10.6 Å². The first-order chi connectivity index (χ1) is 16.1. The molecule has 0 bridgehead atoms. The van der Waals surface area contributed by atoms with Crippen molar-refractivity contribution in [3.8, 4) is 17.2 Å². The Kier molecular flexibility index (Phi) is 9.69. The summed E-state index contributed by atoms with van der Waals surface area (Å²) in [7, 11) is -1.03. The number of ether oxygens (including phenoxy) is 3. The van der Waals surface area contributed by atoms with Gasteiger partial charge < -0.3 is 24.8 Å². The molecule has 0 spiro atoms. The molecule has 0 aliphatic carbocycles. The van der Waals surface area contributed by atoms with Crippen LogP contribution in [0.25, 0.3) is 0 Å². The van der Waals surface area contributed by atoms with Crippen molar-refractivity contribution in [3.05, 3.63) is 47.5 Å². The predicted octanol–water partition coefficient (Wildman–Crippen LogP) is 1.84. The van der Waals surface area contributed by atoms with Crippen molar-refractivity contribution in [2.24, 2.45) is 0 Å². The van der Waals surface area contributed by atoms with Crippen molar-refractivity contribution < 1.29 is 32.2 Å². The molecule has 0 aliphatic heterocycles. The number of hydrogen-bond acceptors (Lipinski definition) is 7. The molecular weight excluding hydrogens is 462 g/mol. The van der Waals surface area contributed by atoms with E-state index in [1.807, 2.05) is 6.92 Å². The second kappa shape index (κ2) is 12.2. The highest BCUT2D eigenvalue weighted by molar-refractivity contribution is 7.89. The normalized spacial score (nSPS) is 11.1. The summed E-state index contributed by atoms with van der Waals surface area (Å²) in [6, 6.07) is 8.94. The molecule has 2 aromatic rings. The molecule has 0 heterocycles. The van der Waals surface area contributed by atoms with Gasteiger partial charge in [0.05, 0.1) is 14.2 Å². The second-order valence-corrected chi connectivity index (χ2v) is 9.23. The molecule has 0 fully saturated rings. The van der Waals surface area contributed by atoms with Gasteiger partial charge in [-0.15, -0.1) is 0 Å². The first-order valence-corrected chi connectivity index (χ1v) is 12.1. The topological polar surface area (TPSA) is 132 Å². The molecule has 0 atom stereocenters. The molecule has 3 N–H and O–H groups in total. The zero-order chi connectivity index (χ0) is 25.3. The molecule has 0 radical (unpaired) electrons. The summed E-state index contributed by atoms with van der Waals surface area (Å²) in [4.78, 5) is 24.2. The largest absolute Gasteiger partial charge is 0.495 e. The van der Waals surface area contributed by atoms with Crippen molar-refractivity contribution in [2.45, 2.75) is 38.3 Å². The first-order valence-electron chi connectivity index (χ1n) is 10.7. The lowest BCUT2D eigenvalue weighted by molar-refractivity contribution is -0.123. The van der Waals surface area contributed by atoms with Crippen LogP contribution in [0, 0.1) is 0 Å². The van der Waals surface area contributed by atoms with E-state index in [0.29, 0.717) is 18.0 Å². The molecule has 186 valence electrons. The highest BCUT2D eigenvalue weighted by Crippen LogP contribution is 2.28. The smallest absolute Gasteiger partial charge is 0.257 e. The van der Waals surface area contributed by atoms with Gasteiger partial charge in [0.15, 0.2) is 18.1 Å². The summed E-state index contributed by atoms with van der Waals surface area (Å²) in [5.41, 5.74) is 0.886. The number of carbonyl (C=O) groups is 2. The molecule has 34 heavy (non-hydrogen) atoms. The average molecular weight is 494 g/mol. The average Bonchev–Trinajstić information content (AvgIpc) is 2.80. The number of hydrogen-bond donors (Lipinski definition) is 3. The summed E-state index contributed by atoms with van der Waals surface area (Å²) in [5, 5.41) is 5.40. The van der Waals surface area contributed by atoms with Gasteiger partial charge in [-0.05, 0) is 56.7 Å². The third-order valence-electron chi connectivity index (χ3n) is 4.52. The minimum absolute atomic E-state index is 0.119. The highest BCUT2D eigenvalue weighted by Gasteiger charge is 2.22. The van der Waals surface area contributed by atoms with E-state index < -0.39 is 15.9 Å². The Morgan fingerprint density at radius 2 is 1.62 bits per heavy atom. The third-order valence-corrected chi connectivity index (χ3v) is 6.20. The van der Waals surface area contributed by atoms with E-state index in [0.717, 1.165) is 5.56 Å². The fraction of sp³-hybridized carbons (Fsp3) is 0.391. The molecule has 2 rings (SSSR count). The fourth-order valence-corrected chi connectivity index (χ4v) is 4.46. The third kappa shape index (κ3) is 7.35. The van der Waals surface area contributed by atoms with Gasteiger partial charge in [-0.25, -0.2) is 13.1 Å². The van der Waals surface area contributed by atoms with E-state index in [9.17, 15) is 18.0 Å². The summed E-state index contributed by atoms with van der Waals surface area (Å²) in [5.74, 6) is 0.238. The van der Waals surface area contributed by atoms with Gasteiger partial charge in [-0.2, -0.15) is 0 Å². The molecule has 0 saturated carbocycles. The maximum atomic E-state index is 12.7. The van der Waals surface area contributed by atoms with Gasteiger partial charge >= 0.3 is 0 Å². The summed E-state index contributed by atoms with van der Waals surface area (Å²) < 4.78 is 43.7. The Balaban J connectivity index is 2.13. The quantitative estimate of drug-likeness (QED) is 0.411. The highest BCUT2D eigenvalue weighted by atomic mass is 32.2. The lowest BCUT2D eigenvalue weighted by Crippen LogP contribution is -2.31. The van der Waals surface area contributed by atoms with Crippen molar-refractivity contribution in [1.29, 1.82) is 0 Å². The number of methoxy groups -OCH3 is 2. The molecule has 0 aromatic heterocycles. The van der Waals surface area contributed by atoms with Crippen LogP contribution in [0.15, 0.2) is 41.3 Å². The van der Waals surface area contributed by atoms with Crippen molar-refractivity contribution in [1.82, 2.24) is 15.4 Å². The molecule has 2 aromatic carbocycles. The Labute approximate surface area is 200 Å². The zero-order valence-electron chi connectivity index (χ0n) is 19.9. The maximum Gasteiger partial charge on any atom is 0.257 e. The van der Waals surface area contributed by atoms with E-state index in [4.69, 9.17) is 14.2 Å². The number of carbonyl (C=O) groups excluding carboxylic acids is 2. The molecule has 11 heteroatoms. The van der Waals surface area contributed by atoms with Gasteiger partial charge in [-0.3, -0.25) is 9.59 Å². The van der Waals surface area contributed by atoms with Crippen LogP contribution in [-0.4, -0.2) is 53.6 Å². The van der Waals surface area contributed by atoms with E-state index in [-0.39, 0.29) is 41.3 Å². The van der Waals surface area contributed by atoms with Crippen molar-refractivity contribution in [2.75, 3.05) is 27.4 Å². The molecule has 0 unspecified atom stereocenters. The maximum absolute atomic E-state index is 12.7. The molecule has 0 aliphatic rings. The fourth-order valence-electron chi connectivity index (χ4n) is 3.02. The molecular formula is C23H31N3O7S. The van der Waals surface area contributed by atoms with Gasteiger partial charge in [0.25, 0.3) is 11.8 Å². The number of nitrogens with one attached hydrogen (secondary N) is 3. The lowest BCUT2D eigenvalue weighted by atomic mass is 10.1. The Morgan fingerprint density at radius 1 is 0.941 bits per heavy atom. The van der Waals surface area contributed by atoms with Crippen molar-refractivity contribution in [3.63, 3.8) is 0 Å². The monoisotopic (exact) mass is 493 g/mol. The van der Waals surface area contributed by atoms with E-state index >= 15 is 0 Å².